The second-order valence-electron chi connectivity index (χ2n) is 5.53. The van der Waals surface area contributed by atoms with Gasteiger partial charge in [0.1, 0.15) is 0 Å². The molecule has 1 aliphatic rings. The Morgan fingerprint density at radius 3 is 2.65 bits per heavy atom. The summed E-state index contributed by atoms with van der Waals surface area (Å²) in [6, 6.07) is 11.2. The molecule has 0 radical (unpaired) electrons. The van der Waals surface area contributed by atoms with Crippen LogP contribution < -0.4 is 0 Å². The fraction of sp³-hybridized carbons (Fsp3) is 0.250. The van der Waals surface area contributed by atoms with Crippen LogP contribution in [0.1, 0.15) is 28.1 Å². The standard InChI is InChI=1S/C16H14N4O3/c1-10-17-15(23-18-10)12-8-20(9-12)16(21)13-7-14(22-19-13)11-5-3-2-4-6-11/h2-7,12H,8-9H2,1H3. The molecule has 1 fully saturated rings. The molecular weight excluding hydrogens is 296 g/mol. The maximum atomic E-state index is 12.4. The van der Waals surface area contributed by atoms with Gasteiger partial charge in [0.15, 0.2) is 17.3 Å². The van der Waals surface area contributed by atoms with Crippen LogP contribution in [0.4, 0.5) is 0 Å². The van der Waals surface area contributed by atoms with Gasteiger partial charge in [-0.1, -0.05) is 40.6 Å². The summed E-state index contributed by atoms with van der Waals surface area (Å²) in [6.45, 7) is 2.87. The van der Waals surface area contributed by atoms with Gasteiger partial charge >= 0.3 is 0 Å². The van der Waals surface area contributed by atoms with Gasteiger partial charge in [0, 0.05) is 24.7 Å². The third kappa shape index (κ3) is 2.50. The van der Waals surface area contributed by atoms with Crippen molar-refractivity contribution in [2.45, 2.75) is 12.8 Å². The van der Waals surface area contributed by atoms with Crippen molar-refractivity contribution in [1.82, 2.24) is 20.2 Å². The van der Waals surface area contributed by atoms with E-state index in [1.54, 1.807) is 17.9 Å². The first-order valence-corrected chi connectivity index (χ1v) is 7.32. The largest absolute Gasteiger partial charge is 0.355 e. The van der Waals surface area contributed by atoms with Gasteiger partial charge in [-0.25, -0.2) is 0 Å². The predicted molar refractivity (Wildman–Crippen MR) is 79.6 cm³/mol. The molecule has 0 aliphatic carbocycles. The number of likely N-dealkylation sites (tertiary alicyclic amines) is 1. The molecule has 0 saturated carbocycles. The van der Waals surface area contributed by atoms with Crippen LogP contribution in [0.2, 0.25) is 0 Å². The molecule has 1 aromatic carbocycles. The summed E-state index contributed by atoms with van der Waals surface area (Å²) in [7, 11) is 0. The molecule has 0 spiro atoms. The fourth-order valence-corrected chi connectivity index (χ4v) is 2.56. The highest BCUT2D eigenvalue weighted by molar-refractivity contribution is 5.93. The lowest BCUT2D eigenvalue weighted by atomic mass is 9.99. The topological polar surface area (TPSA) is 85.3 Å². The lowest BCUT2D eigenvalue weighted by molar-refractivity contribution is 0.0558. The van der Waals surface area contributed by atoms with E-state index >= 15 is 0 Å². The Kier molecular flexibility index (Phi) is 3.18. The molecule has 3 aromatic rings. The van der Waals surface area contributed by atoms with Crippen LogP contribution in [0.15, 0.2) is 45.4 Å². The number of hydrogen-bond acceptors (Lipinski definition) is 6. The highest BCUT2D eigenvalue weighted by Gasteiger charge is 2.36. The SMILES string of the molecule is Cc1noc(C2CN(C(=O)c3cc(-c4ccccc4)on3)C2)n1. The van der Waals surface area contributed by atoms with E-state index in [4.69, 9.17) is 9.05 Å². The van der Waals surface area contributed by atoms with Crippen molar-refractivity contribution >= 4 is 5.91 Å². The number of rotatable bonds is 3. The van der Waals surface area contributed by atoms with Crippen molar-refractivity contribution in [3.8, 4) is 11.3 Å². The van der Waals surface area contributed by atoms with Crippen molar-refractivity contribution in [2.24, 2.45) is 0 Å². The molecule has 1 aliphatic heterocycles. The Bertz CT molecular complexity index is 834. The van der Waals surface area contributed by atoms with Crippen molar-refractivity contribution in [1.29, 1.82) is 0 Å². The van der Waals surface area contributed by atoms with Gasteiger partial charge in [0.25, 0.3) is 5.91 Å². The average molecular weight is 310 g/mol. The fourth-order valence-electron chi connectivity index (χ4n) is 2.56. The Balaban J connectivity index is 1.44. The first-order valence-electron chi connectivity index (χ1n) is 7.32. The van der Waals surface area contributed by atoms with Gasteiger partial charge in [0.2, 0.25) is 5.89 Å². The molecule has 7 nitrogen and oxygen atoms in total. The number of carbonyl (C=O) groups excluding carboxylic acids is 1. The number of nitrogens with zero attached hydrogens (tertiary/aromatic N) is 4. The quantitative estimate of drug-likeness (QED) is 0.737. The van der Waals surface area contributed by atoms with Gasteiger partial charge in [-0.05, 0) is 6.92 Å². The minimum atomic E-state index is -0.150. The Labute approximate surface area is 131 Å². The van der Waals surface area contributed by atoms with Crippen LogP contribution in [0.3, 0.4) is 0 Å². The van der Waals surface area contributed by atoms with Crippen LogP contribution in [-0.4, -0.2) is 39.2 Å². The second-order valence-corrected chi connectivity index (χ2v) is 5.53. The summed E-state index contributed by atoms with van der Waals surface area (Å²) in [5.74, 6) is 1.72. The summed E-state index contributed by atoms with van der Waals surface area (Å²) in [4.78, 5) is 18.3. The van der Waals surface area contributed by atoms with Crippen molar-refractivity contribution < 1.29 is 13.8 Å². The molecule has 116 valence electrons. The molecule has 2 aromatic heterocycles. The average Bonchev–Trinajstić information content (AvgIpc) is 3.16. The van der Waals surface area contributed by atoms with Crippen molar-refractivity contribution in [3.63, 3.8) is 0 Å². The van der Waals surface area contributed by atoms with E-state index in [2.05, 4.69) is 15.3 Å². The number of hydrogen-bond donors (Lipinski definition) is 0. The maximum Gasteiger partial charge on any atom is 0.276 e. The van der Waals surface area contributed by atoms with E-state index in [-0.39, 0.29) is 11.8 Å². The summed E-state index contributed by atoms with van der Waals surface area (Å²) in [6.07, 6.45) is 0. The summed E-state index contributed by atoms with van der Waals surface area (Å²) < 4.78 is 10.4. The summed E-state index contributed by atoms with van der Waals surface area (Å²) in [5, 5.41) is 7.65. The molecule has 7 heteroatoms. The molecule has 0 N–H and O–H groups in total. The molecular formula is C16H14N4O3. The molecule has 0 unspecified atom stereocenters. The molecule has 1 amide bonds. The van der Waals surface area contributed by atoms with E-state index < -0.39 is 0 Å². The van der Waals surface area contributed by atoms with Gasteiger partial charge < -0.3 is 13.9 Å². The second kappa shape index (κ2) is 5.35. The van der Waals surface area contributed by atoms with E-state index in [0.29, 0.717) is 36.3 Å². The Morgan fingerprint density at radius 2 is 1.96 bits per heavy atom. The third-order valence-electron chi connectivity index (χ3n) is 3.85. The van der Waals surface area contributed by atoms with E-state index in [0.717, 1.165) is 5.56 Å². The van der Waals surface area contributed by atoms with Gasteiger partial charge in [0.05, 0.1) is 5.92 Å². The van der Waals surface area contributed by atoms with E-state index in [1.165, 1.54) is 0 Å². The van der Waals surface area contributed by atoms with Crippen LogP contribution in [0, 0.1) is 6.92 Å². The summed E-state index contributed by atoms with van der Waals surface area (Å²) in [5.41, 5.74) is 1.20. The van der Waals surface area contributed by atoms with Crippen LogP contribution in [0.5, 0.6) is 0 Å². The first-order chi connectivity index (χ1) is 11.2. The van der Waals surface area contributed by atoms with Crippen LogP contribution in [0.25, 0.3) is 11.3 Å². The van der Waals surface area contributed by atoms with Crippen LogP contribution in [-0.2, 0) is 0 Å². The smallest absolute Gasteiger partial charge is 0.276 e. The molecule has 3 heterocycles. The van der Waals surface area contributed by atoms with E-state index in [9.17, 15) is 4.79 Å². The lowest BCUT2D eigenvalue weighted by Crippen LogP contribution is -2.48. The van der Waals surface area contributed by atoms with Crippen LogP contribution >= 0.6 is 0 Å². The minimum absolute atomic E-state index is 0.0978. The van der Waals surface area contributed by atoms with Gasteiger partial charge in [-0.3, -0.25) is 4.79 Å². The number of amides is 1. The van der Waals surface area contributed by atoms with Crippen molar-refractivity contribution in [3.05, 3.63) is 53.8 Å². The summed E-state index contributed by atoms with van der Waals surface area (Å²) >= 11 is 0. The monoisotopic (exact) mass is 310 g/mol. The molecule has 1 saturated heterocycles. The predicted octanol–water partition coefficient (Wildman–Crippen LogP) is 2.27. The molecule has 23 heavy (non-hydrogen) atoms. The van der Waals surface area contributed by atoms with Gasteiger partial charge in [-0.2, -0.15) is 4.98 Å². The highest BCUT2D eigenvalue weighted by atomic mass is 16.5. The first kappa shape index (κ1) is 13.7. The third-order valence-corrected chi connectivity index (χ3v) is 3.85. The molecule has 0 atom stereocenters. The number of carbonyl (C=O) groups is 1. The zero-order valence-corrected chi connectivity index (χ0v) is 12.5. The molecule has 0 bridgehead atoms. The lowest BCUT2D eigenvalue weighted by Gasteiger charge is -2.36. The maximum absolute atomic E-state index is 12.4. The number of benzene rings is 1. The highest BCUT2D eigenvalue weighted by Crippen LogP contribution is 2.28. The molecule has 4 rings (SSSR count). The Morgan fingerprint density at radius 1 is 1.17 bits per heavy atom. The van der Waals surface area contributed by atoms with E-state index in [1.807, 2.05) is 30.3 Å². The number of aromatic nitrogens is 3. The Hall–Kier alpha value is -2.96. The zero-order valence-electron chi connectivity index (χ0n) is 12.5. The minimum Gasteiger partial charge on any atom is -0.355 e. The normalized spacial score (nSPS) is 14.7. The van der Waals surface area contributed by atoms with Gasteiger partial charge in [-0.15, -0.1) is 0 Å². The zero-order chi connectivity index (χ0) is 15.8. The van der Waals surface area contributed by atoms with Crippen molar-refractivity contribution in [2.75, 3.05) is 13.1 Å². The number of aryl methyl sites for hydroxylation is 1.